The van der Waals surface area contributed by atoms with E-state index in [9.17, 15) is 13.2 Å². The molecular formula is C14H14Cl4F3N3. The summed E-state index contributed by atoms with van der Waals surface area (Å²) < 4.78 is 37.3. The molecule has 1 atom stereocenters. The third-order valence-corrected chi connectivity index (χ3v) is 5.47. The number of halogens is 7. The summed E-state index contributed by atoms with van der Waals surface area (Å²) >= 11 is 24.1. The van der Waals surface area contributed by atoms with Gasteiger partial charge >= 0.3 is 6.18 Å². The number of hydrogen-bond donors (Lipinski definition) is 2. The molecule has 0 aliphatic heterocycles. The zero-order valence-electron chi connectivity index (χ0n) is 12.7. The molecule has 1 unspecified atom stereocenters. The van der Waals surface area contributed by atoms with Crippen LogP contribution in [0, 0.1) is 5.41 Å². The highest BCUT2D eigenvalue weighted by molar-refractivity contribution is 6.53. The predicted octanol–water partition coefficient (Wildman–Crippen LogP) is 5.93. The van der Waals surface area contributed by atoms with Crippen LogP contribution in [0.15, 0.2) is 17.2 Å². The molecule has 2 rings (SSSR count). The number of hydrazone groups is 1. The van der Waals surface area contributed by atoms with Gasteiger partial charge in [0.05, 0.1) is 26.7 Å². The zero-order chi connectivity index (χ0) is 18.3. The van der Waals surface area contributed by atoms with Crippen molar-refractivity contribution < 1.29 is 13.2 Å². The Labute approximate surface area is 157 Å². The molecule has 0 amide bonds. The van der Waals surface area contributed by atoms with Crippen LogP contribution in [0.2, 0.25) is 10.0 Å². The van der Waals surface area contributed by atoms with E-state index in [4.69, 9.17) is 46.4 Å². The average Bonchev–Trinajstić information content (AvgIpc) is 2.95. The molecule has 0 heterocycles. The minimum Gasteiger partial charge on any atom is -0.372 e. The lowest BCUT2D eigenvalue weighted by Crippen LogP contribution is -2.34. The fourth-order valence-corrected chi connectivity index (χ4v) is 3.42. The Morgan fingerprint density at radius 2 is 1.75 bits per heavy atom. The molecule has 0 radical (unpaired) electrons. The van der Waals surface area contributed by atoms with Crippen LogP contribution in [-0.2, 0) is 6.18 Å². The monoisotopic (exact) mass is 421 g/mol. The van der Waals surface area contributed by atoms with Gasteiger partial charge in [0.2, 0.25) is 0 Å². The fourth-order valence-electron chi connectivity index (χ4n) is 2.14. The van der Waals surface area contributed by atoms with Gasteiger partial charge in [0, 0.05) is 6.54 Å². The molecule has 0 spiro atoms. The molecule has 10 heteroatoms. The number of amidine groups is 1. The standard InChI is InChI=1S/C14H14Cl4F3N3/c1-3-22-11(12(2)6-13(12,17)18)24-23-10-8(15)4-7(5-9(10)16)14(19,20)21/h4-5,23H,3,6H2,1-2H3,(H,22,24). The largest absolute Gasteiger partial charge is 0.416 e. The molecule has 0 bridgehead atoms. The molecule has 24 heavy (non-hydrogen) atoms. The molecule has 2 N–H and O–H groups in total. The van der Waals surface area contributed by atoms with Crippen molar-refractivity contribution in [3.63, 3.8) is 0 Å². The second-order valence-electron chi connectivity index (χ2n) is 5.63. The number of nitrogens with zero attached hydrogens (tertiary/aromatic N) is 1. The molecule has 1 saturated carbocycles. The summed E-state index contributed by atoms with van der Waals surface area (Å²) in [4.78, 5) is 0. The van der Waals surface area contributed by atoms with E-state index in [0.717, 1.165) is 12.1 Å². The molecule has 1 aromatic rings. The Hall–Kier alpha value is -0.560. The van der Waals surface area contributed by atoms with Crippen LogP contribution in [0.5, 0.6) is 0 Å². The van der Waals surface area contributed by atoms with Crippen LogP contribution in [-0.4, -0.2) is 16.7 Å². The molecule has 0 aromatic heterocycles. The van der Waals surface area contributed by atoms with Gasteiger partial charge in [-0.05, 0) is 32.4 Å². The van der Waals surface area contributed by atoms with E-state index >= 15 is 0 Å². The lowest BCUT2D eigenvalue weighted by molar-refractivity contribution is -0.137. The summed E-state index contributed by atoms with van der Waals surface area (Å²) in [6, 6.07) is 1.56. The summed E-state index contributed by atoms with van der Waals surface area (Å²) in [6.07, 6.45) is -4.05. The molecule has 1 aliphatic rings. The summed E-state index contributed by atoms with van der Waals surface area (Å²) in [7, 11) is 0. The number of benzene rings is 1. The van der Waals surface area contributed by atoms with Crippen LogP contribution >= 0.6 is 46.4 Å². The van der Waals surface area contributed by atoms with E-state index in [1.54, 1.807) is 0 Å². The number of nitrogens with one attached hydrogen (secondary N) is 2. The maximum Gasteiger partial charge on any atom is 0.416 e. The van der Waals surface area contributed by atoms with Crippen molar-refractivity contribution in [2.24, 2.45) is 10.5 Å². The van der Waals surface area contributed by atoms with Crippen LogP contribution in [0.25, 0.3) is 0 Å². The smallest absolute Gasteiger partial charge is 0.372 e. The van der Waals surface area contributed by atoms with Crippen molar-refractivity contribution in [1.29, 1.82) is 0 Å². The first-order chi connectivity index (χ1) is 10.9. The lowest BCUT2D eigenvalue weighted by Gasteiger charge is -2.18. The first-order valence-corrected chi connectivity index (χ1v) is 8.45. The molecule has 1 aliphatic carbocycles. The molecule has 0 saturated heterocycles. The van der Waals surface area contributed by atoms with Gasteiger partial charge in [-0.15, -0.1) is 23.2 Å². The molecule has 1 fully saturated rings. The van der Waals surface area contributed by atoms with Crippen molar-refractivity contribution >= 4 is 57.9 Å². The highest BCUT2D eigenvalue weighted by Gasteiger charge is 2.66. The van der Waals surface area contributed by atoms with E-state index in [2.05, 4.69) is 15.8 Å². The van der Waals surface area contributed by atoms with Crippen molar-refractivity contribution in [3.8, 4) is 0 Å². The van der Waals surface area contributed by atoms with Gasteiger partial charge < -0.3 is 5.32 Å². The van der Waals surface area contributed by atoms with Gasteiger partial charge in [-0.1, -0.05) is 23.2 Å². The van der Waals surface area contributed by atoms with Crippen LogP contribution in [0.4, 0.5) is 18.9 Å². The van der Waals surface area contributed by atoms with E-state index in [1.807, 2.05) is 13.8 Å². The third kappa shape index (κ3) is 3.82. The highest BCUT2D eigenvalue weighted by atomic mass is 35.5. The normalized spacial score (nSPS) is 23.1. The van der Waals surface area contributed by atoms with Gasteiger partial charge in [0.1, 0.15) is 10.2 Å². The first kappa shape index (κ1) is 19.8. The van der Waals surface area contributed by atoms with Gasteiger partial charge in [-0.2, -0.15) is 18.3 Å². The Kier molecular flexibility index (Phi) is 5.46. The number of alkyl halides is 5. The summed E-state index contributed by atoms with van der Waals surface area (Å²) in [5, 5.41) is 6.81. The quantitative estimate of drug-likeness (QED) is 0.273. The Morgan fingerprint density at radius 1 is 1.25 bits per heavy atom. The van der Waals surface area contributed by atoms with Crippen LogP contribution < -0.4 is 10.7 Å². The predicted molar refractivity (Wildman–Crippen MR) is 93.4 cm³/mol. The Morgan fingerprint density at radius 3 is 2.12 bits per heavy atom. The molecular weight excluding hydrogens is 409 g/mol. The summed E-state index contributed by atoms with van der Waals surface area (Å²) in [5.74, 6) is 0.474. The first-order valence-electron chi connectivity index (χ1n) is 6.94. The Bertz CT molecular complexity index is 653. The topological polar surface area (TPSA) is 36.4 Å². The van der Waals surface area contributed by atoms with Crippen molar-refractivity contribution in [1.82, 2.24) is 5.32 Å². The minimum atomic E-state index is -4.54. The van der Waals surface area contributed by atoms with Gasteiger partial charge in [-0.3, -0.25) is 5.43 Å². The zero-order valence-corrected chi connectivity index (χ0v) is 15.7. The molecule has 3 nitrogen and oxygen atoms in total. The number of rotatable bonds is 4. The molecule has 1 aromatic carbocycles. The van der Waals surface area contributed by atoms with Crippen LogP contribution in [0.1, 0.15) is 25.8 Å². The Balaban J connectivity index is 2.30. The second-order valence-corrected chi connectivity index (χ2v) is 7.93. The van der Waals surface area contributed by atoms with E-state index in [-0.39, 0.29) is 15.7 Å². The van der Waals surface area contributed by atoms with E-state index in [1.165, 1.54) is 0 Å². The van der Waals surface area contributed by atoms with Crippen molar-refractivity contribution in [2.45, 2.75) is 30.8 Å². The maximum absolute atomic E-state index is 12.7. The lowest BCUT2D eigenvalue weighted by atomic mass is 10.1. The third-order valence-electron chi connectivity index (χ3n) is 3.77. The average molecular weight is 423 g/mol. The van der Waals surface area contributed by atoms with Gasteiger partial charge in [-0.25, -0.2) is 0 Å². The van der Waals surface area contributed by atoms with Crippen molar-refractivity contribution in [2.75, 3.05) is 12.0 Å². The number of hydrogen-bond acceptors (Lipinski definition) is 2. The van der Waals surface area contributed by atoms with Crippen molar-refractivity contribution in [3.05, 3.63) is 27.7 Å². The minimum absolute atomic E-state index is 0.0701. The van der Waals surface area contributed by atoms with E-state index < -0.39 is 21.5 Å². The summed E-state index contributed by atoms with van der Waals surface area (Å²) in [5.41, 5.74) is 1.15. The maximum atomic E-state index is 12.7. The van der Waals surface area contributed by atoms with Gasteiger partial charge in [0.25, 0.3) is 0 Å². The van der Waals surface area contributed by atoms with Gasteiger partial charge in [0.15, 0.2) is 0 Å². The summed E-state index contributed by atoms with van der Waals surface area (Å²) in [6.45, 7) is 4.25. The number of anilines is 1. The molecule has 134 valence electrons. The fraction of sp³-hybridized carbons (Fsp3) is 0.500. The van der Waals surface area contributed by atoms with Crippen LogP contribution in [0.3, 0.4) is 0 Å². The van der Waals surface area contributed by atoms with E-state index in [0.29, 0.717) is 18.8 Å². The SMILES string of the molecule is CCNC(=NNc1c(Cl)cc(C(F)(F)F)cc1Cl)C1(C)CC1(Cl)Cl. The highest BCUT2D eigenvalue weighted by Crippen LogP contribution is 2.64. The second kappa shape index (κ2) is 6.63.